The summed E-state index contributed by atoms with van der Waals surface area (Å²) in [4.78, 5) is 11.9. The molecule has 0 bridgehead atoms. The molecule has 0 spiro atoms. The summed E-state index contributed by atoms with van der Waals surface area (Å²) in [5.41, 5.74) is 0.818. The second-order valence-electron chi connectivity index (χ2n) is 6.88. The van der Waals surface area contributed by atoms with E-state index in [0.29, 0.717) is 16.2 Å². The SMILES string of the molecule is CC(=O)C(F)(F)C(NP(=O)(c1ccccc1)c1ccccc1)c1ccccc1C. The molecule has 3 rings (SSSR count). The Balaban J connectivity index is 2.21. The van der Waals surface area contributed by atoms with Crippen LogP contribution in [-0.2, 0) is 9.36 Å². The van der Waals surface area contributed by atoms with Gasteiger partial charge in [-0.15, -0.1) is 0 Å². The molecule has 3 aromatic rings. The normalized spacial score (nSPS) is 13.1. The van der Waals surface area contributed by atoms with Crippen LogP contribution in [0.25, 0.3) is 0 Å². The van der Waals surface area contributed by atoms with Crippen molar-refractivity contribution >= 4 is 23.7 Å². The zero-order valence-electron chi connectivity index (χ0n) is 16.2. The molecule has 1 atom stereocenters. The molecule has 150 valence electrons. The van der Waals surface area contributed by atoms with Crippen LogP contribution >= 0.6 is 7.29 Å². The number of carbonyl (C=O) groups is 1. The van der Waals surface area contributed by atoms with Gasteiger partial charge < -0.3 is 0 Å². The van der Waals surface area contributed by atoms with E-state index in [1.165, 1.54) is 6.07 Å². The van der Waals surface area contributed by atoms with Crippen LogP contribution in [0.4, 0.5) is 8.78 Å². The summed E-state index contributed by atoms with van der Waals surface area (Å²) in [6.07, 6.45) is 0. The standard InChI is InChI=1S/C23H22F2NO2P/c1-17-11-9-10-16-21(17)22(23(24,25)18(2)27)26-29(28,19-12-5-3-6-13-19)20-14-7-4-8-15-20/h3-16,22H,1-2H3,(H,26,28). The molecule has 1 unspecified atom stereocenters. The maximum Gasteiger partial charge on any atom is 0.324 e. The van der Waals surface area contributed by atoms with Crippen molar-refractivity contribution in [3.05, 3.63) is 96.1 Å². The largest absolute Gasteiger partial charge is 0.324 e. The Labute approximate surface area is 169 Å². The van der Waals surface area contributed by atoms with Gasteiger partial charge in [-0.2, -0.15) is 8.78 Å². The van der Waals surface area contributed by atoms with Gasteiger partial charge in [-0.3, -0.25) is 9.36 Å². The maximum atomic E-state index is 15.1. The molecule has 0 aliphatic heterocycles. The fourth-order valence-corrected chi connectivity index (χ4v) is 5.66. The molecule has 0 saturated heterocycles. The number of alkyl halides is 2. The van der Waals surface area contributed by atoms with Gasteiger partial charge in [-0.05, 0) is 42.3 Å². The van der Waals surface area contributed by atoms with Crippen molar-refractivity contribution in [3.8, 4) is 0 Å². The monoisotopic (exact) mass is 413 g/mol. The van der Waals surface area contributed by atoms with Crippen molar-refractivity contribution in [2.24, 2.45) is 0 Å². The second-order valence-corrected chi connectivity index (χ2v) is 9.39. The van der Waals surface area contributed by atoms with Gasteiger partial charge in [0.25, 0.3) is 0 Å². The molecule has 0 aliphatic carbocycles. The number of hydrogen-bond donors (Lipinski definition) is 1. The fourth-order valence-electron chi connectivity index (χ4n) is 3.22. The average Bonchev–Trinajstić information content (AvgIpc) is 2.73. The van der Waals surface area contributed by atoms with Crippen molar-refractivity contribution in [1.29, 1.82) is 0 Å². The molecule has 0 heterocycles. The van der Waals surface area contributed by atoms with Gasteiger partial charge in [0.05, 0.1) is 0 Å². The van der Waals surface area contributed by atoms with Crippen molar-refractivity contribution < 1.29 is 18.1 Å². The molecule has 3 nitrogen and oxygen atoms in total. The summed E-state index contributed by atoms with van der Waals surface area (Å²) >= 11 is 0. The summed E-state index contributed by atoms with van der Waals surface area (Å²) < 4.78 is 44.4. The lowest BCUT2D eigenvalue weighted by molar-refractivity contribution is -0.144. The van der Waals surface area contributed by atoms with Crippen LogP contribution in [0.15, 0.2) is 84.9 Å². The molecule has 1 N–H and O–H groups in total. The molecule has 0 saturated carbocycles. The first-order valence-corrected chi connectivity index (χ1v) is 10.9. The molecule has 0 aromatic heterocycles. The molecule has 0 radical (unpaired) electrons. The Hall–Kier alpha value is -2.62. The molecule has 0 aliphatic rings. The van der Waals surface area contributed by atoms with Crippen LogP contribution in [0.2, 0.25) is 0 Å². The zero-order valence-corrected chi connectivity index (χ0v) is 17.1. The minimum absolute atomic E-state index is 0.236. The summed E-state index contributed by atoms with van der Waals surface area (Å²) in [5.74, 6) is -5.03. The Morgan fingerprint density at radius 2 is 1.31 bits per heavy atom. The van der Waals surface area contributed by atoms with E-state index in [1.807, 2.05) is 0 Å². The second kappa shape index (κ2) is 8.40. The Morgan fingerprint density at radius 1 is 0.862 bits per heavy atom. The van der Waals surface area contributed by atoms with Crippen LogP contribution in [0.3, 0.4) is 0 Å². The first kappa shape index (κ1) is 21.1. The van der Waals surface area contributed by atoms with Gasteiger partial charge in [0.1, 0.15) is 6.04 Å². The number of Topliss-reactive ketones (excluding diaryl/α,β-unsaturated/α-hetero) is 1. The number of halogens is 2. The smallest absolute Gasteiger partial charge is 0.296 e. The lowest BCUT2D eigenvalue weighted by Crippen LogP contribution is -2.44. The van der Waals surface area contributed by atoms with Crippen molar-refractivity contribution in [3.63, 3.8) is 0 Å². The van der Waals surface area contributed by atoms with E-state index in [-0.39, 0.29) is 5.56 Å². The highest BCUT2D eigenvalue weighted by Gasteiger charge is 2.49. The number of carbonyl (C=O) groups excluding carboxylic acids is 1. The number of nitrogens with one attached hydrogen (secondary N) is 1. The van der Waals surface area contributed by atoms with Crippen molar-refractivity contribution in [2.45, 2.75) is 25.8 Å². The van der Waals surface area contributed by atoms with E-state index in [2.05, 4.69) is 5.09 Å². The Morgan fingerprint density at radius 3 is 1.76 bits per heavy atom. The molecular formula is C23H22F2NO2P. The van der Waals surface area contributed by atoms with E-state index in [0.717, 1.165) is 6.92 Å². The highest BCUT2D eigenvalue weighted by atomic mass is 31.2. The van der Waals surface area contributed by atoms with E-state index < -0.39 is 25.0 Å². The van der Waals surface area contributed by atoms with Crippen LogP contribution in [0, 0.1) is 6.92 Å². The quantitative estimate of drug-likeness (QED) is 0.567. The van der Waals surface area contributed by atoms with E-state index in [4.69, 9.17) is 0 Å². The third-order valence-corrected chi connectivity index (χ3v) is 7.55. The average molecular weight is 413 g/mol. The van der Waals surface area contributed by atoms with Gasteiger partial charge in [-0.1, -0.05) is 60.7 Å². The van der Waals surface area contributed by atoms with Gasteiger partial charge in [-0.25, -0.2) is 5.09 Å². The topological polar surface area (TPSA) is 46.2 Å². The summed E-state index contributed by atoms with van der Waals surface area (Å²) in [6, 6.07) is 21.8. The third kappa shape index (κ3) is 4.21. The summed E-state index contributed by atoms with van der Waals surface area (Å²) in [6.45, 7) is 2.54. The lowest BCUT2D eigenvalue weighted by Gasteiger charge is -2.32. The third-order valence-electron chi connectivity index (χ3n) is 4.88. The predicted molar refractivity (Wildman–Crippen MR) is 112 cm³/mol. The Bertz CT molecular complexity index is 996. The number of hydrogen-bond acceptors (Lipinski definition) is 2. The summed E-state index contributed by atoms with van der Waals surface area (Å²) in [7, 11) is -3.68. The number of benzene rings is 3. The van der Waals surface area contributed by atoms with E-state index in [9.17, 15) is 9.36 Å². The Kier molecular flexibility index (Phi) is 6.11. The number of ketones is 1. The van der Waals surface area contributed by atoms with Crippen molar-refractivity contribution in [2.75, 3.05) is 0 Å². The minimum atomic E-state index is -3.74. The van der Waals surface area contributed by atoms with Crippen LogP contribution in [0.1, 0.15) is 24.1 Å². The predicted octanol–water partition coefficient (Wildman–Crippen LogP) is 4.78. The van der Waals surface area contributed by atoms with Gasteiger partial charge in [0.2, 0.25) is 13.1 Å². The zero-order chi connectivity index (χ0) is 21.1. The molecule has 3 aromatic carbocycles. The minimum Gasteiger partial charge on any atom is -0.296 e. The van der Waals surface area contributed by atoms with E-state index >= 15 is 8.78 Å². The first-order valence-electron chi connectivity index (χ1n) is 9.20. The van der Waals surface area contributed by atoms with Gasteiger partial charge in [0, 0.05) is 17.5 Å². The molecule has 6 heteroatoms. The highest BCUT2D eigenvalue weighted by molar-refractivity contribution is 7.76. The van der Waals surface area contributed by atoms with Crippen LogP contribution in [0.5, 0.6) is 0 Å². The lowest BCUT2D eigenvalue weighted by atomic mass is 9.95. The highest BCUT2D eigenvalue weighted by Crippen LogP contribution is 2.46. The van der Waals surface area contributed by atoms with Gasteiger partial charge in [0.15, 0.2) is 0 Å². The first-order chi connectivity index (χ1) is 13.8. The molecule has 0 fully saturated rings. The van der Waals surface area contributed by atoms with Gasteiger partial charge >= 0.3 is 5.92 Å². The molecule has 29 heavy (non-hydrogen) atoms. The van der Waals surface area contributed by atoms with Crippen LogP contribution < -0.4 is 15.7 Å². The van der Waals surface area contributed by atoms with Crippen molar-refractivity contribution in [1.82, 2.24) is 5.09 Å². The number of rotatable bonds is 7. The summed E-state index contributed by atoms with van der Waals surface area (Å²) in [5, 5.41) is 3.51. The maximum absolute atomic E-state index is 15.1. The number of aryl methyl sites for hydroxylation is 1. The molecule has 0 amide bonds. The van der Waals surface area contributed by atoms with Crippen LogP contribution in [-0.4, -0.2) is 11.7 Å². The fraction of sp³-hybridized carbons (Fsp3) is 0.174. The molecular weight excluding hydrogens is 391 g/mol. The van der Waals surface area contributed by atoms with E-state index in [1.54, 1.807) is 85.8 Å².